The average Bonchev–Trinajstić information content (AvgIpc) is 2.64. The molecule has 2 nitrogen and oxygen atoms in total. The summed E-state index contributed by atoms with van der Waals surface area (Å²) < 4.78 is 0. The number of thiazole rings is 1. The molecule has 0 saturated carbocycles. The molecule has 1 aromatic heterocycles. The van der Waals surface area contributed by atoms with Gasteiger partial charge in [-0.15, -0.1) is 11.3 Å². The highest BCUT2D eigenvalue weighted by Gasteiger charge is 2.02. The van der Waals surface area contributed by atoms with Crippen molar-refractivity contribution < 1.29 is 0 Å². The summed E-state index contributed by atoms with van der Waals surface area (Å²) in [5.41, 5.74) is 9.37. The third-order valence-corrected chi connectivity index (χ3v) is 3.55. The SMILES string of the molecule is CCc1ccc(Cc2cnc(C)s2)cc1N. The van der Waals surface area contributed by atoms with Crippen LogP contribution in [-0.4, -0.2) is 4.98 Å². The van der Waals surface area contributed by atoms with Crippen LogP contribution in [0.25, 0.3) is 0 Å². The van der Waals surface area contributed by atoms with E-state index in [9.17, 15) is 0 Å². The standard InChI is InChI=1S/C13H16N2S/c1-3-11-5-4-10(7-13(11)14)6-12-8-15-9(2)16-12/h4-5,7-8H,3,6,14H2,1-2H3. The molecule has 84 valence electrons. The Morgan fingerprint density at radius 2 is 2.19 bits per heavy atom. The lowest BCUT2D eigenvalue weighted by Crippen LogP contribution is -1.95. The highest BCUT2D eigenvalue weighted by atomic mass is 32.1. The summed E-state index contributed by atoms with van der Waals surface area (Å²) in [6.45, 7) is 4.15. The smallest absolute Gasteiger partial charge is 0.0896 e. The van der Waals surface area contributed by atoms with Gasteiger partial charge in [0.05, 0.1) is 5.01 Å². The van der Waals surface area contributed by atoms with Crippen molar-refractivity contribution in [2.24, 2.45) is 0 Å². The molecule has 0 aliphatic heterocycles. The number of hydrogen-bond donors (Lipinski definition) is 1. The van der Waals surface area contributed by atoms with Crippen LogP contribution >= 0.6 is 11.3 Å². The number of nitrogens with zero attached hydrogens (tertiary/aromatic N) is 1. The van der Waals surface area contributed by atoms with Gasteiger partial charge in [-0.25, -0.2) is 4.98 Å². The number of nitrogens with two attached hydrogens (primary N) is 1. The zero-order chi connectivity index (χ0) is 11.5. The fraction of sp³-hybridized carbons (Fsp3) is 0.308. The second-order valence-corrected chi connectivity index (χ2v) is 5.23. The molecular formula is C13H16N2S. The maximum absolute atomic E-state index is 5.98. The molecule has 1 aromatic carbocycles. The fourth-order valence-electron chi connectivity index (χ4n) is 1.76. The van der Waals surface area contributed by atoms with Crippen LogP contribution in [0.15, 0.2) is 24.4 Å². The van der Waals surface area contributed by atoms with E-state index in [1.165, 1.54) is 16.0 Å². The van der Waals surface area contributed by atoms with E-state index in [1.807, 2.05) is 13.1 Å². The molecule has 0 unspecified atom stereocenters. The molecule has 1 heterocycles. The van der Waals surface area contributed by atoms with Crippen LogP contribution in [0.3, 0.4) is 0 Å². The summed E-state index contributed by atoms with van der Waals surface area (Å²) in [4.78, 5) is 5.55. The quantitative estimate of drug-likeness (QED) is 0.825. The van der Waals surface area contributed by atoms with Gasteiger partial charge in [-0.1, -0.05) is 19.1 Å². The predicted molar refractivity (Wildman–Crippen MR) is 69.9 cm³/mol. The van der Waals surface area contributed by atoms with Crippen molar-refractivity contribution in [1.82, 2.24) is 4.98 Å². The topological polar surface area (TPSA) is 38.9 Å². The molecule has 0 radical (unpaired) electrons. The minimum absolute atomic E-state index is 0.904. The summed E-state index contributed by atoms with van der Waals surface area (Å²) in [6, 6.07) is 6.36. The van der Waals surface area contributed by atoms with E-state index in [2.05, 4.69) is 30.1 Å². The van der Waals surface area contributed by atoms with E-state index in [1.54, 1.807) is 11.3 Å². The molecule has 0 bridgehead atoms. The van der Waals surface area contributed by atoms with Crippen molar-refractivity contribution in [3.8, 4) is 0 Å². The largest absolute Gasteiger partial charge is 0.398 e. The summed E-state index contributed by atoms with van der Waals surface area (Å²) >= 11 is 1.75. The summed E-state index contributed by atoms with van der Waals surface area (Å²) in [7, 11) is 0. The first-order chi connectivity index (χ1) is 7.69. The lowest BCUT2D eigenvalue weighted by Gasteiger charge is -2.05. The Kier molecular flexibility index (Phi) is 3.25. The van der Waals surface area contributed by atoms with Crippen molar-refractivity contribution in [2.75, 3.05) is 5.73 Å². The molecule has 3 heteroatoms. The number of nitrogen functional groups attached to an aromatic ring is 1. The first kappa shape index (κ1) is 11.1. The molecule has 2 aromatic rings. The zero-order valence-electron chi connectivity index (χ0n) is 9.66. The minimum Gasteiger partial charge on any atom is -0.398 e. The lowest BCUT2D eigenvalue weighted by molar-refractivity contribution is 1.13. The lowest BCUT2D eigenvalue weighted by atomic mass is 10.0. The van der Waals surface area contributed by atoms with Gasteiger partial charge in [-0.2, -0.15) is 0 Å². The van der Waals surface area contributed by atoms with E-state index in [4.69, 9.17) is 5.73 Å². The van der Waals surface area contributed by atoms with Gasteiger partial charge >= 0.3 is 0 Å². The van der Waals surface area contributed by atoms with E-state index < -0.39 is 0 Å². The molecule has 16 heavy (non-hydrogen) atoms. The fourth-order valence-corrected chi connectivity index (χ4v) is 2.59. The van der Waals surface area contributed by atoms with Gasteiger partial charge in [0, 0.05) is 23.2 Å². The van der Waals surface area contributed by atoms with Gasteiger partial charge in [0.2, 0.25) is 0 Å². The van der Waals surface area contributed by atoms with Gasteiger partial charge < -0.3 is 5.73 Å². The number of hydrogen-bond acceptors (Lipinski definition) is 3. The number of benzene rings is 1. The van der Waals surface area contributed by atoms with Crippen molar-refractivity contribution in [3.63, 3.8) is 0 Å². The molecule has 0 spiro atoms. The Labute approximate surface area is 100 Å². The first-order valence-electron chi connectivity index (χ1n) is 5.47. The van der Waals surface area contributed by atoms with Crippen LogP contribution in [0.2, 0.25) is 0 Å². The summed E-state index contributed by atoms with van der Waals surface area (Å²) in [6.07, 6.45) is 3.87. The average molecular weight is 232 g/mol. The molecule has 0 aliphatic carbocycles. The van der Waals surface area contributed by atoms with E-state index in [0.717, 1.165) is 23.5 Å². The van der Waals surface area contributed by atoms with Crippen LogP contribution < -0.4 is 5.73 Å². The third-order valence-electron chi connectivity index (χ3n) is 2.64. The number of rotatable bonds is 3. The second kappa shape index (κ2) is 4.66. The predicted octanol–water partition coefficient (Wildman–Crippen LogP) is 3.19. The molecule has 0 fully saturated rings. The van der Waals surface area contributed by atoms with Gasteiger partial charge in [-0.05, 0) is 30.5 Å². The molecule has 0 aliphatic rings. The van der Waals surface area contributed by atoms with Gasteiger partial charge in [-0.3, -0.25) is 0 Å². The Balaban J connectivity index is 2.19. The summed E-state index contributed by atoms with van der Waals surface area (Å²) in [5, 5.41) is 1.12. The Morgan fingerprint density at radius 1 is 1.38 bits per heavy atom. The highest BCUT2D eigenvalue weighted by Crippen LogP contribution is 2.20. The zero-order valence-corrected chi connectivity index (χ0v) is 10.5. The maximum atomic E-state index is 5.98. The monoisotopic (exact) mass is 232 g/mol. The number of aryl methyl sites for hydroxylation is 2. The van der Waals surface area contributed by atoms with Crippen molar-refractivity contribution in [2.45, 2.75) is 26.7 Å². The van der Waals surface area contributed by atoms with E-state index in [-0.39, 0.29) is 0 Å². The van der Waals surface area contributed by atoms with Crippen LogP contribution in [-0.2, 0) is 12.8 Å². The Hall–Kier alpha value is -1.35. The van der Waals surface area contributed by atoms with Crippen LogP contribution in [0, 0.1) is 6.92 Å². The third kappa shape index (κ3) is 2.42. The molecule has 2 rings (SSSR count). The van der Waals surface area contributed by atoms with Gasteiger partial charge in [0.15, 0.2) is 0 Å². The number of anilines is 1. The number of aromatic nitrogens is 1. The van der Waals surface area contributed by atoms with E-state index >= 15 is 0 Å². The van der Waals surface area contributed by atoms with Crippen LogP contribution in [0.5, 0.6) is 0 Å². The highest BCUT2D eigenvalue weighted by molar-refractivity contribution is 7.11. The molecule has 0 amide bonds. The van der Waals surface area contributed by atoms with Gasteiger partial charge in [0.25, 0.3) is 0 Å². The minimum atomic E-state index is 0.904. The van der Waals surface area contributed by atoms with Crippen molar-refractivity contribution >= 4 is 17.0 Å². The normalized spacial score (nSPS) is 10.6. The van der Waals surface area contributed by atoms with Crippen molar-refractivity contribution in [3.05, 3.63) is 45.4 Å². The van der Waals surface area contributed by atoms with E-state index in [0.29, 0.717) is 0 Å². The molecule has 0 saturated heterocycles. The maximum Gasteiger partial charge on any atom is 0.0896 e. The Bertz CT molecular complexity index is 488. The Morgan fingerprint density at radius 3 is 2.75 bits per heavy atom. The van der Waals surface area contributed by atoms with Crippen LogP contribution in [0.4, 0.5) is 5.69 Å². The van der Waals surface area contributed by atoms with Crippen LogP contribution in [0.1, 0.15) is 27.9 Å². The first-order valence-corrected chi connectivity index (χ1v) is 6.29. The molecule has 2 N–H and O–H groups in total. The molecule has 0 atom stereocenters. The van der Waals surface area contributed by atoms with Gasteiger partial charge in [0.1, 0.15) is 0 Å². The second-order valence-electron chi connectivity index (χ2n) is 3.91. The molecular weight excluding hydrogens is 216 g/mol. The van der Waals surface area contributed by atoms with Crippen molar-refractivity contribution in [1.29, 1.82) is 0 Å². The summed E-state index contributed by atoms with van der Waals surface area (Å²) in [5.74, 6) is 0.